The van der Waals surface area contributed by atoms with E-state index in [0.717, 1.165) is 51.5 Å². The quantitative estimate of drug-likeness (QED) is 0.837. The van der Waals surface area contributed by atoms with Crippen LogP contribution < -0.4 is 5.32 Å². The van der Waals surface area contributed by atoms with Gasteiger partial charge in [-0.3, -0.25) is 0 Å². The van der Waals surface area contributed by atoms with Gasteiger partial charge in [-0.1, -0.05) is 6.92 Å². The van der Waals surface area contributed by atoms with E-state index in [1.165, 1.54) is 0 Å². The molecule has 1 fully saturated rings. The zero-order valence-electron chi connectivity index (χ0n) is 10.8. The first-order chi connectivity index (χ1) is 8.23. The average molecular weight is 238 g/mol. The monoisotopic (exact) mass is 238 g/mol. The lowest BCUT2D eigenvalue weighted by atomic mass is 9.82. The van der Waals surface area contributed by atoms with Crippen LogP contribution in [0, 0.1) is 5.41 Å². The molecule has 0 atom stereocenters. The molecule has 0 saturated carbocycles. The van der Waals surface area contributed by atoms with Crippen molar-refractivity contribution >= 4 is 0 Å². The second-order valence-corrected chi connectivity index (χ2v) is 5.02. The zero-order valence-corrected chi connectivity index (χ0v) is 10.8. The van der Waals surface area contributed by atoms with Gasteiger partial charge in [-0.15, -0.1) is 0 Å². The van der Waals surface area contributed by atoms with E-state index in [4.69, 9.17) is 4.74 Å². The summed E-state index contributed by atoms with van der Waals surface area (Å²) in [5, 5.41) is 7.66. The summed E-state index contributed by atoms with van der Waals surface area (Å²) in [6, 6.07) is 0. The average Bonchev–Trinajstić information content (AvgIpc) is 2.77. The highest BCUT2D eigenvalue weighted by Gasteiger charge is 2.26. The van der Waals surface area contributed by atoms with Gasteiger partial charge in [0, 0.05) is 26.3 Å². The van der Waals surface area contributed by atoms with Crippen LogP contribution in [-0.2, 0) is 17.8 Å². The maximum absolute atomic E-state index is 5.40. The highest BCUT2D eigenvalue weighted by Crippen LogP contribution is 2.28. The molecule has 17 heavy (non-hydrogen) atoms. The summed E-state index contributed by atoms with van der Waals surface area (Å²) in [4.78, 5) is 4.26. The van der Waals surface area contributed by atoms with Crippen molar-refractivity contribution in [2.75, 3.05) is 19.8 Å². The number of ether oxygens (including phenoxy) is 1. The molecule has 0 aromatic carbocycles. The molecule has 0 aliphatic carbocycles. The second-order valence-electron chi connectivity index (χ2n) is 5.02. The van der Waals surface area contributed by atoms with Gasteiger partial charge in [-0.05, 0) is 25.2 Å². The first-order valence-corrected chi connectivity index (χ1v) is 6.39. The third-order valence-corrected chi connectivity index (χ3v) is 3.53. The van der Waals surface area contributed by atoms with E-state index >= 15 is 0 Å². The summed E-state index contributed by atoms with van der Waals surface area (Å²) >= 11 is 0. The number of rotatable bonds is 5. The summed E-state index contributed by atoms with van der Waals surface area (Å²) in [5.41, 5.74) is 0.370. The van der Waals surface area contributed by atoms with Crippen molar-refractivity contribution in [3.05, 3.63) is 12.2 Å². The van der Waals surface area contributed by atoms with Gasteiger partial charge in [0.1, 0.15) is 12.2 Å². The molecule has 96 valence electrons. The Hall–Kier alpha value is -0.940. The molecule has 5 nitrogen and oxygen atoms in total. The Labute approximate surface area is 103 Å². The van der Waals surface area contributed by atoms with Gasteiger partial charge in [0.05, 0.1) is 6.54 Å². The molecule has 1 aliphatic rings. The smallest absolute Gasteiger partial charge is 0.140 e. The van der Waals surface area contributed by atoms with E-state index in [0.29, 0.717) is 5.41 Å². The normalized spacial score (nSPS) is 19.4. The fourth-order valence-corrected chi connectivity index (χ4v) is 2.21. The summed E-state index contributed by atoms with van der Waals surface area (Å²) in [5.74, 6) is 1.02. The molecule has 1 N–H and O–H groups in total. The minimum absolute atomic E-state index is 0.370. The minimum atomic E-state index is 0.370. The summed E-state index contributed by atoms with van der Waals surface area (Å²) < 4.78 is 7.33. The molecule has 0 bridgehead atoms. The molecule has 1 aromatic heterocycles. The Morgan fingerprint density at radius 3 is 2.94 bits per heavy atom. The topological polar surface area (TPSA) is 52.0 Å². The van der Waals surface area contributed by atoms with Crippen LogP contribution in [0.5, 0.6) is 0 Å². The molecular weight excluding hydrogens is 216 g/mol. The molecule has 2 rings (SSSR count). The van der Waals surface area contributed by atoms with Gasteiger partial charge < -0.3 is 10.1 Å². The van der Waals surface area contributed by atoms with Crippen molar-refractivity contribution < 1.29 is 4.74 Å². The highest BCUT2D eigenvalue weighted by molar-refractivity contribution is 4.86. The predicted octanol–water partition coefficient (Wildman–Crippen LogP) is 1.20. The van der Waals surface area contributed by atoms with Gasteiger partial charge in [0.25, 0.3) is 0 Å². The van der Waals surface area contributed by atoms with Crippen LogP contribution in [-0.4, -0.2) is 34.5 Å². The number of hydrogen-bond donors (Lipinski definition) is 1. The van der Waals surface area contributed by atoms with Crippen LogP contribution in [0.15, 0.2) is 6.33 Å². The standard InChI is InChI=1S/C12H22N4O/c1-3-16-11(14-10-15-16)8-13-9-12(2)4-6-17-7-5-12/h10,13H,3-9H2,1-2H3. The maximum atomic E-state index is 5.40. The largest absolute Gasteiger partial charge is 0.381 e. The van der Waals surface area contributed by atoms with Gasteiger partial charge in [-0.2, -0.15) is 5.10 Å². The van der Waals surface area contributed by atoms with E-state index in [9.17, 15) is 0 Å². The summed E-state index contributed by atoms with van der Waals surface area (Å²) in [6.07, 6.45) is 3.90. The van der Waals surface area contributed by atoms with E-state index in [1.807, 2.05) is 4.68 Å². The predicted molar refractivity (Wildman–Crippen MR) is 65.6 cm³/mol. The third kappa shape index (κ3) is 3.26. The Morgan fingerprint density at radius 1 is 1.47 bits per heavy atom. The molecule has 1 aliphatic heterocycles. The minimum Gasteiger partial charge on any atom is -0.381 e. The van der Waals surface area contributed by atoms with Crippen molar-refractivity contribution in [2.24, 2.45) is 5.41 Å². The van der Waals surface area contributed by atoms with Crippen LogP contribution in [0.4, 0.5) is 0 Å². The van der Waals surface area contributed by atoms with Crippen LogP contribution in [0.1, 0.15) is 32.5 Å². The second kappa shape index (κ2) is 5.60. The molecule has 0 amide bonds. The Balaban J connectivity index is 1.79. The third-order valence-electron chi connectivity index (χ3n) is 3.53. The SMILES string of the molecule is CCn1ncnc1CNCC1(C)CCOCC1. The number of nitrogens with zero attached hydrogens (tertiary/aromatic N) is 3. The Morgan fingerprint density at radius 2 is 2.24 bits per heavy atom. The van der Waals surface area contributed by atoms with Gasteiger partial charge in [0.2, 0.25) is 0 Å². The van der Waals surface area contributed by atoms with Crippen molar-refractivity contribution in [3.8, 4) is 0 Å². The lowest BCUT2D eigenvalue weighted by Crippen LogP contribution is -2.36. The zero-order chi connectivity index (χ0) is 12.1. The number of hydrogen-bond acceptors (Lipinski definition) is 4. The summed E-state index contributed by atoms with van der Waals surface area (Å²) in [6.45, 7) is 8.89. The highest BCUT2D eigenvalue weighted by atomic mass is 16.5. The molecule has 5 heteroatoms. The number of aromatic nitrogens is 3. The van der Waals surface area contributed by atoms with Crippen molar-refractivity contribution in [3.63, 3.8) is 0 Å². The molecule has 0 spiro atoms. The van der Waals surface area contributed by atoms with Crippen molar-refractivity contribution in [1.29, 1.82) is 0 Å². The van der Waals surface area contributed by atoms with Crippen molar-refractivity contribution in [2.45, 2.75) is 39.8 Å². The fourth-order valence-electron chi connectivity index (χ4n) is 2.21. The lowest BCUT2D eigenvalue weighted by Gasteiger charge is -2.33. The van der Waals surface area contributed by atoms with Gasteiger partial charge in [-0.25, -0.2) is 9.67 Å². The number of aryl methyl sites for hydroxylation is 1. The van der Waals surface area contributed by atoms with Gasteiger partial charge >= 0.3 is 0 Å². The van der Waals surface area contributed by atoms with E-state index in [2.05, 4.69) is 29.2 Å². The van der Waals surface area contributed by atoms with Crippen LogP contribution >= 0.6 is 0 Å². The Kier molecular flexibility index (Phi) is 4.12. The van der Waals surface area contributed by atoms with E-state index in [-0.39, 0.29) is 0 Å². The lowest BCUT2D eigenvalue weighted by molar-refractivity contribution is 0.0239. The molecule has 2 heterocycles. The number of nitrogens with one attached hydrogen (secondary N) is 1. The molecule has 0 unspecified atom stereocenters. The molecule has 1 saturated heterocycles. The van der Waals surface area contributed by atoms with Crippen LogP contribution in [0.3, 0.4) is 0 Å². The van der Waals surface area contributed by atoms with E-state index in [1.54, 1.807) is 6.33 Å². The first kappa shape index (κ1) is 12.5. The van der Waals surface area contributed by atoms with Crippen molar-refractivity contribution in [1.82, 2.24) is 20.1 Å². The molecular formula is C12H22N4O. The first-order valence-electron chi connectivity index (χ1n) is 6.39. The summed E-state index contributed by atoms with van der Waals surface area (Å²) in [7, 11) is 0. The maximum Gasteiger partial charge on any atom is 0.140 e. The Bertz CT molecular complexity index is 344. The van der Waals surface area contributed by atoms with E-state index < -0.39 is 0 Å². The fraction of sp³-hybridized carbons (Fsp3) is 0.833. The molecule has 1 aromatic rings. The van der Waals surface area contributed by atoms with Crippen LogP contribution in [0.25, 0.3) is 0 Å². The molecule has 0 radical (unpaired) electrons. The van der Waals surface area contributed by atoms with Crippen LogP contribution in [0.2, 0.25) is 0 Å². The van der Waals surface area contributed by atoms with Gasteiger partial charge in [0.15, 0.2) is 0 Å².